The number of hydrogen-bond acceptors (Lipinski definition) is 7. The van der Waals surface area contributed by atoms with E-state index in [0.29, 0.717) is 0 Å². The summed E-state index contributed by atoms with van der Waals surface area (Å²) >= 11 is 0. The molecule has 4 aromatic carbocycles. The first-order valence-corrected chi connectivity index (χ1v) is 21.0. The van der Waals surface area contributed by atoms with Crippen LogP contribution in [0.4, 0.5) is 11.4 Å². The predicted molar refractivity (Wildman–Crippen MR) is 244 cm³/mol. The number of nitrogens with zero attached hydrogens (tertiary/aromatic N) is 2. The van der Waals surface area contributed by atoms with Crippen LogP contribution in [0.1, 0.15) is 71.4 Å². The lowest BCUT2D eigenvalue weighted by Crippen LogP contribution is -2.43. The molecule has 0 radical (unpaired) electrons. The molecule has 0 saturated carbocycles. The highest BCUT2D eigenvalue weighted by molar-refractivity contribution is 6.08. The van der Waals surface area contributed by atoms with Gasteiger partial charge in [-0.05, 0) is 66.1 Å². The monoisotopic (exact) mass is 869 g/mol. The van der Waals surface area contributed by atoms with Crippen molar-refractivity contribution in [3.63, 3.8) is 0 Å². The van der Waals surface area contributed by atoms with E-state index in [1.165, 1.54) is 0 Å². The number of carbonyl (C=O) groups excluding carboxylic acids is 2. The Morgan fingerprint density at radius 1 is 0.688 bits per heavy atom. The molecule has 0 aliphatic carbocycles. The number of amides is 2. The van der Waals surface area contributed by atoms with Crippen LogP contribution in [0.3, 0.4) is 0 Å². The van der Waals surface area contributed by atoms with E-state index in [0.717, 1.165) is 61.0 Å². The fourth-order valence-electron chi connectivity index (χ4n) is 8.90. The molecule has 0 saturated heterocycles. The van der Waals surface area contributed by atoms with Gasteiger partial charge in [0.15, 0.2) is 12.3 Å². The Balaban J connectivity index is 1.28. The second-order valence-corrected chi connectivity index (χ2v) is 17.1. The third-order valence-corrected chi connectivity index (χ3v) is 11.9. The van der Waals surface area contributed by atoms with Crippen LogP contribution in [0, 0.1) is 0 Å². The van der Waals surface area contributed by atoms with Gasteiger partial charge < -0.3 is 36.0 Å². The summed E-state index contributed by atoms with van der Waals surface area (Å²) in [6.07, 6.45) is 10.2. The molecule has 6 rings (SSSR count). The van der Waals surface area contributed by atoms with Crippen LogP contribution >= 0.6 is 0 Å². The maximum atomic E-state index is 13.0. The molecule has 64 heavy (non-hydrogen) atoms. The smallest absolute Gasteiger partial charge is 0.326 e. The lowest BCUT2D eigenvalue weighted by atomic mass is 9.79. The molecule has 2 aliphatic rings. The Bertz CT molecular complexity index is 2720. The summed E-state index contributed by atoms with van der Waals surface area (Å²) in [5.74, 6) is -6.67. The van der Waals surface area contributed by atoms with Gasteiger partial charge in [0.1, 0.15) is 12.1 Å². The van der Waals surface area contributed by atoms with E-state index >= 15 is 0 Å². The molecule has 0 bridgehead atoms. The first kappa shape index (κ1) is 46.2. The van der Waals surface area contributed by atoms with Gasteiger partial charge in [0.05, 0.1) is 24.7 Å². The summed E-state index contributed by atoms with van der Waals surface area (Å²) in [5.41, 5.74) is 5.75. The lowest BCUT2D eigenvalue weighted by Gasteiger charge is -2.27. The first-order valence-electron chi connectivity index (χ1n) is 21.0. The summed E-state index contributed by atoms with van der Waals surface area (Å²) in [6, 6.07) is 21.2. The summed E-state index contributed by atoms with van der Waals surface area (Å²) in [5, 5.41) is 46.3. The number of anilines is 1. The van der Waals surface area contributed by atoms with E-state index in [4.69, 9.17) is 10.2 Å². The summed E-state index contributed by atoms with van der Waals surface area (Å²) in [6.45, 7) is 10.9. The van der Waals surface area contributed by atoms with Crippen molar-refractivity contribution in [2.24, 2.45) is 0 Å². The van der Waals surface area contributed by atoms with Crippen molar-refractivity contribution in [2.75, 3.05) is 18.0 Å². The van der Waals surface area contributed by atoms with Gasteiger partial charge in [-0.1, -0.05) is 98.3 Å². The third-order valence-electron chi connectivity index (χ3n) is 11.9. The van der Waals surface area contributed by atoms with Gasteiger partial charge in [0.2, 0.25) is 17.5 Å². The molecule has 332 valence electrons. The molecule has 2 amide bonds. The molecule has 2 atom stereocenters. The lowest BCUT2D eigenvalue weighted by molar-refractivity contribution is -0.436. The minimum absolute atomic E-state index is 0.0827. The van der Waals surface area contributed by atoms with E-state index in [9.17, 15) is 39.0 Å². The normalized spacial score (nSPS) is 16.9. The highest BCUT2D eigenvalue weighted by atomic mass is 16.4. The van der Waals surface area contributed by atoms with E-state index in [2.05, 4.69) is 59.9 Å². The van der Waals surface area contributed by atoms with Crippen molar-refractivity contribution in [1.29, 1.82) is 0 Å². The van der Waals surface area contributed by atoms with Gasteiger partial charge in [0.25, 0.3) is 0 Å². The number of carboxylic acids is 4. The fraction of sp³-hybridized carbons (Fsp3) is 0.300. The minimum atomic E-state index is -1.55. The van der Waals surface area contributed by atoms with Crippen molar-refractivity contribution in [3.05, 3.63) is 132 Å². The third kappa shape index (κ3) is 9.81. The van der Waals surface area contributed by atoms with Crippen LogP contribution in [0.15, 0.2) is 121 Å². The molecule has 2 unspecified atom stereocenters. The number of aliphatic carboxylic acids is 4. The van der Waals surface area contributed by atoms with Crippen molar-refractivity contribution in [3.8, 4) is 0 Å². The summed E-state index contributed by atoms with van der Waals surface area (Å²) < 4.78 is 2.06. The average molecular weight is 870 g/mol. The average Bonchev–Trinajstić information content (AvgIpc) is 3.59. The van der Waals surface area contributed by atoms with Crippen LogP contribution in [-0.4, -0.2) is 91.6 Å². The molecule has 0 spiro atoms. The maximum absolute atomic E-state index is 13.0. The highest BCUT2D eigenvalue weighted by Gasteiger charge is 2.46. The quantitative estimate of drug-likeness (QED) is 0.0443. The molecular weight excluding hydrogens is 817 g/mol. The maximum Gasteiger partial charge on any atom is 0.326 e. The van der Waals surface area contributed by atoms with Gasteiger partial charge >= 0.3 is 23.9 Å². The fourth-order valence-corrected chi connectivity index (χ4v) is 8.90. The van der Waals surface area contributed by atoms with Gasteiger partial charge in [0, 0.05) is 47.5 Å². The molecular formula is C50H53N4O10+. The number of fused-ring (bicyclic) bond motifs is 6. The standard InChI is InChI=1S/C50H52N4O10/c1-30(12-10-18-39-49(2,3)45-33-16-8-6-14-31(33)20-22-37(45)53(39)26-24-41(55)51-35(47(61)62)28-43(57)58)13-11-19-40-50(4,5)46-34-17-9-7-15-32(34)21-23-38(46)54(40)27-25-42(56)52-36(48(63)64)29-44(59)60/h6-23,35-36H,24-29H2,1-5H3,(H5-,51,52,55,56,57,58,59,60,61,62,63,64)/p+1. The van der Waals surface area contributed by atoms with Crippen molar-refractivity contribution in [2.45, 2.75) is 83.2 Å². The summed E-state index contributed by atoms with van der Waals surface area (Å²) in [7, 11) is 0. The Hall–Kier alpha value is -7.35. The Labute approximate surface area is 370 Å². The van der Waals surface area contributed by atoms with Crippen LogP contribution in [-0.2, 0) is 39.6 Å². The minimum Gasteiger partial charge on any atom is -0.481 e. The zero-order valence-electron chi connectivity index (χ0n) is 36.4. The molecule has 4 aromatic rings. The van der Waals surface area contributed by atoms with Gasteiger partial charge in [-0.25, -0.2) is 9.59 Å². The van der Waals surface area contributed by atoms with Crippen molar-refractivity contribution >= 4 is 74.3 Å². The molecule has 6 N–H and O–H groups in total. The largest absolute Gasteiger partial charge is 0.481 e. The van der Waals surface area contributed by atoms with Gasteiger partial charge in [-0.2, -0.15) is 4.58 Å². The number of carboxylic acid groups (broad SMARTS) is 4. The zero-order valence-corrected chi connectivity index (χ0v) is 36.4. The molecule has 0 aromatic heterocycles. The van der Waals surface area contributed by atoms with Crippen molar-refractivity contribution in [1.82, 2.24) is 10.6 Å². The highest BCUT2D eigenvalue weighted by Crippen LogP contribution is 2.51. The van der Waals surface area contributed by atoms with E-state index < -0.39 is 71.4 Å². The van der Waals surface area contributed by atoms with Crippen LogP contribution in [0.25, 0.3) is 21.5 Å². The molecule has 14 nitrogen and oxygen atoms in total. The van der Waals surface area contributed by atoms with Crippen LogP contribution < -0.4 is 15.5 Å². The van der Waals surface area contributed by atoms with Crippen molar-refractivity contribution < 1.29 is 53.8 Å². The number of hydrogen-bond donors (Lipinski definition) is 6. The van der Waals surface area contributed by atoms with Crippen LogP contribution in [0.2, 0.25) is 0 Å². The van der Waals surface area contributed by atoms with E-state index in [1.807, 2.05) is 104 Å². The number of nitrogens with one attached hydrogen (secondary N) is 2. The number of carbonyl (C=O) groups is 6. The molecule has 2 heterocycles. The molecule has 14 heteroatoms. The zero-order chi connectivity index (χ0) is 46.5. The Morgan fingerprint density at radius 3 is 1.81 bits per heavy atom. The van der Waals surface area contributed by atoms with E-state index in [1.54, 1.807) is 0 Å². The Morgan fingerprint density at radius 2 is 1.23 bits per heavy atom. The SMILES string of the molecule is CC(/C=C/C=C1/N(CCC(=O)NC(CC(=O)O)C(=O)O)c2ccc3ccccc3c2C1(C)C)=C\C=C\C1=[N+](CCC(=O)NC(CC(=O)O)C(=O)O)c2ccc3ccccc3c2C1(C)C. The predicted octanol–water partition coefficient (Wildman–Crippen LogP) is 6.98. The molecule has 2 aliphatic heterocycles. The Kier molecular flexibility index (Phi) is 13.7. The van der Waals surface area contributed by atoms with E-state index in [-0.39, 0.29) is 25.9 Å². The van der Waals surface area contributed by atoms with Crippen LogP contribution in [0.5, 0.6) is 0 Å². The topological polar surface area (TPSA) is 214 Å². The number of allylic oxidation sites excluding steroid dienone is 8. The first-order chi connectivity index (χ1) is 30.3. The number of benzene rings is 4. The van der Waals surface area contributed by atoms with Gasteiger partial charge in [-0.3, -0.25) is 19.2 Å². The number of rotatable bonds is 18. The summed E-state index contributed by atoms with van der Waals surface area (Å²) in [4.78, 5) is 73.9. The second-order valence-electron chi connectivity index (χ2n) is 17.1. The second kappa shape index (κ2) is 19.0. The molecule has 0 fully saturated rings. The van der Waals surface area contributed by atoms with Gasteiger partial charge in [-0.15, -0.1) is 0 Å².